The van der Waals surface area contributed by atoms with E-state index >= 15 is 0 Å². The van der Waals surface area contributed by atoms with Crippen molar-refractivity contribution >= 4 is 49.7 Å². The van der Waals surface area contributed by atoms with Gasteiger partial charge in [0.05, 0.1) is 22.8 Å². The van der Waals surface area contributed by atoms with Gasteiger partial charge in [-0.15, -0.1) is 10.2 Å². The zero-order valence-electron chi connectivity index (χ0n) is 13.6. The van der Waals surface area contributed by atoms with Crippen molar-refractivity contribution in [2.24, 2.45) is 0 Å². The maximum atomic E-state index is 12.1. The highest BCUT2D eigenvalue weighted by Crippen LogP contribution is 2.28. The van der Waals surface area contributed by atoms with E-state index in [0.717, 1.165) is 5.69 Å². The Morgan fingerprint density at radius 1 is 1.32 bits per heavy atom. The van der Waals surface area contributed by atoms with E-state index in [-0.39, 0.29) is 23.2 Å². The minimum Gasteiger partial charge on any atom is -0.349 e. The minimum atomic E-state index is -3.04. The van der Waals surface area contributed by atoms with Gasteiger partial charge in [0.1, 0.15) is 0 Å². The third kappa shape index (κ3) is 5.16. The molecule has 25 heavy (non-hydrogen) atoms. The number of nitrogens with zero attached hydrogens (tertiary/aromatic N) is 2. The van der Waals surface area contributed by atoms with E-state index in [1.165, 1.54) is 23.1 Å². The lowest BCUT2D eigenvalue weighted by Gasteiger charge is -2.23. The predicted octanol–water partition coefficient (Wildman–Crippen LogP) is 2.07. The van der Waals surface area contributed by atoms with Crippen LogP contribution >= 0.6 is 23.1 Å². The van der Waals surface area contributed by atoms with Gasteiger partial charge < -0.3 is 10.6 Å². The van der Waals surface area contributed by atoms with Crippen LogP contribution in [0.15, 0.2) is 34.7 Å². The molecule has 1 amide bonds. The van der Waals surface area contributed by atoms with E-state index < -0.39 is 15.4 Å². The number of hydrogen-bond acceptors (Lipinski definition) is 8. The van der Waals surface area contributed by atoms with Crippen LogP contribution in [0.25, 0.3) is 0 Å². The summed E-state index contributed by atoms with van der Waals surface area (Å²) in [6.07, 6.45) is 0.454. The normalized spacial score (nSPS) is 21.8. The van der Waals surface area contributed by atoms with E-state index in [1.54, 1.807) is 6.92 Å². The molecule has 0 bridgehead atoms. The summed E-state index contributed by atoms with van der Waals surface area (Å²) in [5.74, 6) is 0.106. The quantitative estimate of drug-likeness (QED) is 0.718. The molecule has 10 heteroatoms. The molecule has 0 aliphatic carbocycles. The molecule has 134 valence electrons. The fraction of sp³-hybridized carbons (Fsp3) is 0.400. The molecule has 2 aromatic rings. The third-order valence-corrected chi connectivity index (χ3v) is 7.58. The second-order valence-electron chi connectivity index (χ2n) is 6.10. The number of benzene rings is 1. The molecule has 1 saturated heterocycles. The molecule has 0 spiro atoms. The average molecular weight is 399 g/mol. The average Bonchev–Trinajstić information content (AvgIpc) is 3.10. The Hall–Kier alpha value is -1.65. The van der Waals surface area contributed by atoms with Crippen LogP contribution in [0.4, 0.5) is 10.8 Å². The van der Waals surface area contributed by atoms with Gasteiger partial charge in [-0.1, -0.05) is 41.3 Å². The molecule has 1 aliphatic rings. The standard InChI is InChI=1S/C15H18N4O3S3/c1-15(7-8-25(21,22)10-15)17-12(20)9-23-14-19-18-13(24-14)16-11-5-3-2-4-6-11/h2-6H,7-10H2,1H3,(H,16,18)(H,17,20)/t15-/m0/s1. The van der Waals surface area contributed by atoms with Crippen LogP contribution in [0, 0.1) is 0 Å². The van der Waals surface area contributed by atoms with Gasteiger partial charge in [0.2, 0.25) is 11.0 Å². The number of aromatic nitrogens is 2. The Morgan fingerprint density at radius 2 is 2.08 bits per heavy atom. The van der Waals surface area contributed by atoms with Gasteiger partial charge in [-0.3, -0.25) is 4.79 Å². The van der Waals surface area contributed by atoms with Crippen molar-refractivity contribution in [1.29, 1.82) is 0 Å². The molecule has 1 aliphatic heterocycles. The summed E-state index contributed by atoms with van der Waals surface area (Å²) in [7, 11) is -3.04. The third-order valence-electron chi connectivity index (χ3n) is 3.70. The highest BCUT2D eigenvalue weighted by Gasteiger charge is 2.39. The number of anilines is 2. The number of carbonyl (C=O) groups excluding carboxylic acids is 1. The second kappa shape index (κ2) is 7.30. The number of sulfone groups is 1. The molecule has 1 aromatic carbocycles. The van der Waals surface area contributed by atoms with Crippen LogP contribution in [0.5, 0.6) is 0 Å². The zero-order valence-corrected chi connectivity index (χ0v) is 16.0. The van der Waals surface area contributed by atoms with Crippen molar-refractivity contribution in [2.75, 3.05) is 22.6 Å². The van der Waals surface area contributed by atoms with Crippen molar-refractivity contribution < 1.29 is 13.2 Å². The van der Waals surface area contributed by atoms with Gasteiger partial charge in [-0.2, -0.15) is 0 Å². The zero-order chi connectivity index (χ0) is 17.9. The lowest BCUT2D eigenvalue weighted by Crippen LogP contribution is -2.47. The fourth-order valence-electron chi connectivity index (χ4n) is 2.57. The number of para-hydroxylation sites is 1. The SMILES string of the molecule is C[C@]1(NC(=O)CSc2nnc(Nc3ccccc3)s2)CCS(=O)(=O)C1. The molecular formula is C15H18N4O3S3. The highest BCUT2D eigenvalue weighted by atomic mass is 32.2. The van der Waals surface area contributed by atoms with Crippen LogP contribution in [0.1, 0.15) is 13.3 Å². The molecule has 0 saturated carbocycles. The van der Waals surface area contributed by atoms with Crippen molar-refractivity contribution in [2.45, 2.75) is 23.2 Å². The number of carbonyl (C=O) groups is 1. The topological polar surface area (TPSA) is 101 Å². The lowest BCUT2D eigenvalue weighted by molar-refractivity contribution is -0.120. The van der Waals surface area contributed by atoms with E-state index in [4.69, 9.17) is 0 Å². The first-order chi connectivity index (χ1) is 11.8. The molecule has 0 unspecified atom stereocenters. The smallest absolute Gasteiger partial charge is 0.230 e. The van der Waals surface area contributed by atoms with Crippen LogP contribution in [-0.2, 0) is 14.6 Å². The molecule has 1 fully saturated rings. The van der Waals surface area contributed by atoms with Crippen molar-refractivity contribution in [3.8, 4) is 0 Å². The van der Waals surface area contributed by atoms with E-state index in [2.05, 4.69) is 20.8 Å². The second-order valence-corrected chi connectivity index (χ2v) is 10.5. The molecule has 0 radical (unpaired) electrons. The molecule has 1 aromatic heterocycles. The van der Waals surface area contributed by atoms with E-state index in [9.17, 15) is 13.2 Å². The molecule has 2 heterocycles. The minimum absolute atomic E-state index is 0.000355. The van der Waals surface area contributed by atoms with Gasteiger partial charge in [-0.05, 0) is 25.5 Å². The molecule has 7 nitrogen and oxygen atoms in total. The summed E-state index contributed by atoms with van der Waals surface area (Å²) in [6, 6.07) is 9.64. The van der Waals surface area contributed by atoms with Crippen LogP contribution < -0.4 is 10.6 Å². The van der Waals surface area contributed by atoms with Crippen molar-refractivity contribution in [3.05, 3.63) is 30.3 Å². The molecule has 2 N–H and O–H groups in total. The van der Waals surface area contributed by atoms with Crippen molar-refractivity contribution in [3.63, 3.8) is 0 Å². The van der Waals surface area contributed by atoms with Crippen LogP contribution in [-0.4, -0.2) is 47.3 Å². The number of amides is 1. The molecule has 1 atom stereocenters. The van der Waals surface area contributed by atoms with E-state index in [1.807, 2.05) is 30.3 Å². The van der Waals surface area contributed by atoms with Gasteiger partial charge >= 0.3 is 0 Å². The Morgan fingerprint density at radius 3 is 2.76 bits per heavy atom. The summed E-state index contributed by atoms with van der Waals surface area (Å²) in [5.41, 5.74) is 0.251. The number of thioether (sulfide) groups is 1. The van der Waals surface area contributed by atoms with E-state index in [0.29, 0.717) is 15.9 Å². The first-order valence-corrected chi connectivity index (χ1v) is 11.3. The number of nitrogens with one attached hydrogen (secondary N) is 2. The summed E-state index contributed by atoms with van der Waals surface area (Å²) in [4.78, 5) is 12.1. The van der Waals surface area contributed by atoms with Gasteiger partial charge in [0, 0.05) is 5.69 Å². The monoisotopic (exact) mass is 398 g/mol. The van der Waals surface area contributed by atoms with Crippen LogP contribution in [0.2, 0.25) is 0 Å². The Balaban J connectivity index is 1.50. The van der Waals surface area contributed by atoms with Gasteiger partial charge in [0.15, 0.2) is 14.2 Å². The number of hydrogen-bond donors (Lipinski definition) is 2. The summed E-state index contributed by atoms with van der Waals surface area (Å²) in [6.45, 7) is 1.77. The Labute approximate surface area is 154 Å². The predicted molar refractivity (Wildman–Crippen MR) is 100 cm³/mol. The van der Waals surface area contributed by atoms with Gasteiger partial charge in [-0.25, -0.2) is 8.42 Å². The highest BCUT2D eigenvalue weighted by molar-refractivity contribution is 8.01. The summed E-state index contributed by atoms with van der Waals surface area (Å²) >= 11 is 2.65. The summed E-state index contributed by atoms with van der Waals surface area (Å²) < 4.78 is 23.8. The molecule has 3 rings (SSSR count). The summed E-state index contributed by atoms with van der Waals surface area (Å²) in [5, 5.41) is 14.7. The first-order valence-electron chi connectivity index (χ1n) is 7.63. The largest absolute Gasteiger partial charge is 0.349 e. The fourth-order valence-corrected chi connectivity index (χ4v) is 6.24. The Bertz CT molecular complexity index is 854. The maximum absolute atomic E-state index is 12.1. The van der Waals surface area contributed by atoms with Crippen LogP contribution in [0.3, 0.4) is 0 Å². The maximum Gasteiger partial charge on any atom is 0.230 e. The van der Waals surface area contributed by atoms with Crippen molar-refractivity contribution in [1.82, 2.24) is 15.5 Å². The van der Waals surface area contributed by atoms with Gasteiger partial charge in [0.25, 0.3) is 0 Å². The first kappa shape index (κ1) is 18.2. The Kier molecular flexibility index (Phi) is 5.30. The lowest BCUT2D eigenvalue weighted by atomic mass is 10.0. The molecular weight excluding hydrogens is 380 g/mol. The number of rotatable bonds is 6.